The maximum atomic E-state index is 12.2. The Kier molecular flexibility index (Phi) is 7.63. The fourth-order valence-corrected chi connectivity index (χ4v) is 3.42. The molecule has 0 fully saturated rings. The minimum atomic E-state index is -0.0290. The van der Waals surface area contributed by atoms with Gasteiger partial charge >= 0.3 is 0 Å². The lowest BCUT2D eigenvalue weighted by atomic mass is 9.87. The normalized spacial score (nSPS) is 11.1. The van der Waals surface area contributed by atoms with E-state index in [1.807, 2.05) is 12.1 Å². The Bertz CT molecular complexity index is 772. The van der Waals surface area contributed by atoms with Gasteiger partial charge in [0.05, 0.1) is 27.1 Å². The van der Waals surface area contributed by atoms with Crippen LogP contribution in [0.5, 0.6) is 17.2 Å². The first-order chi connectivity index (χ1) is 13.3. The van der Waals surface area contributed by atoms with Gasteiger partial charge in [-0.05, 0) is 40.8 Å². The zero-order valence-corrected chi connectivity index (χ0v) is 18.2. The largest absolute Gasteiger partial charge is 0.493 e. The van der Waals surface area contributed by atoms with E-state index in [2.05, 4.69) is 50.4 Å². The maximum absolute atomic E-state index is 12.2. The molecule has 2 rings (SSSR count). The summed E-state index contributed by atoms with van der Waals surface area (Å²) < 4.78 is 16.0. The van der Waals surface area contributed by atoms with Crippen LogP contribution in [0.2, 0.25) is 0 Å². The first-order valence-corrected chi connectivity index (χ1v) is 10.1. The fraction of sp³-hybridized carbons (Fsp3) is 0.409. The molecule has 6 heteroatoms. The molecule has 2 aromatic carbocycles. The van der Waals surface area contributed by atoms with E-state index >= 15 is 0 Å². The van der Waals surface area contributed by atoms with Crippen LogP contribution >= 0.6 is 11.8 Å². The van der Waals surface area contributed by atoms with Crippen LogP contribution < -0.4 is 19.5 Å². The number of thioether (sulfide) groups is 1. The van der Waals surface area contributed by atoms with Gasteiger partial charge in [0.15, 0.2) is 11.5 Å². The van der Waals surface area contributed by atoms with Gasteiger partial charge in [-0.25, -0.2) is 0 Å². The number of hydrogen-bond acceptors (Lipinski definition) is 5. The first-order valence-electron chi connectivity index (χ1n) is 9.07. The molecule has 1 N–H and O–H groups in total. The molecule has 152 valence electrons. The average Bonchev–Trinajstić information content (AvgIpc) is 2.69. The lowest BCUT2D eigenvalue weighted by Crippen LogP contribution is -2.24. The summed E-state index contributed by atoms with van der Waals surface area (Å²) in [5, 5.41) is 2.93. The molecule has 0 radical (unpaired) electrons. The van der Waals surface area contributed by atoms with Crippen LogP contribution in [0, 0.1) is 0 Å². The zero-order valence-electron chi connectivity index (χ0n) is 17.4. The SMILES string of the molecule is COc1cc(CNC(=O)CSc2ccc(C(C)(C)C)cc2)cc(OC)c1OC. The van der Waals surface area contributed by atoms with Crippen molar-refractivity contribution in [1.29, 1.82) is 0 Å². The Morgan fingerprint density at radius 1 is 0.964 bits per heavy atom. The van der Waals surface area contributed by atoms with Crippen LogP contribution in [0.3, 0.4) is 0 Å². The van der Waals surface area contributed by atoms with Gasteiger partial charge < -0.3 is 19.5 Å². The molecule has 0 aliphatic carbocycles. The van der Waals surface area contributed by atoms with Crippen molar-refractivity contribution < 1.29 is 19.0 Å². The summed E-state index contributed by atoms with van der Waals surface area (Å²) in [5.41, 5.74) is 2.28. The van der Waals surface area contributed by atoms with E-state index in [-0.39, 0.29) is 11.3 Å². The molecule has 2 aromatic rings. The minimum absolute atomic E-state index is 0.0290. The highest BCUT2D eigenvalue weighted by molar-refractivity contribution is 8.00. The summed E-state index contributed by atoms with van der Waals surface area (Å²) in [6, 6.07) is 12.0. The van der Waals surface area contributed by atoms with Crippen molar-refractivity contribution >= 4 is 17.7 Å². The van der Waals surface area contributed by atoms with Crippen molar-refractivity contribution in [3.8, 4) is 17.2 Å². The van der Waals surface area contributed by atoms with E-state index < -0.39 is 0 Å². The smallest absolute Gasteiger partial charge is 0.230 e. The van der Waals surface area contributed by atoms with Crippen molar-refractivity contribution in [2.24, 2.45) is 0 Å². The molecule has 0 bridgehead atoms. The molecule has 0 heterocycles. The van der Waals surface area contributed by atoms with Crippen molar-refractivity contribution in [2.45, 2.75) is 37.6 Å². The Balaban J connectivity index is 1.92. The Morgan fingerprint density at radius 2 is 1.54 bits per heavy atom. The molecule has 28 heavy (non-hydrogen) atoms. The highest BCUT2D eigenvalue weighted by Crippen LogP contribution is 2.38. The number of carbonyl (C=O) groups excluding carboxylic acids is 1. The molecule has 0 unspecified atom stereocenters. The minimum Gasteiger partial charge on any atom is -0.493 e. The predicted octanol–water partition coefficient (Wildman–Crippen LogP) is 4.42. The van der Waals surface area contributed by atoms with E-state index in [1.54, 1.807) is 21.3 Å². The number of methoxy groups -OCH3 is 3. The topological polar surface area (TPSA) is 56.8 Å². The van der Waals surface area contributed by atoms with Crippen molar-refractivity contribution in [3.63, 3.8) is 0 Å². The van der Waals surface area contributed by atoms with Crippen LogP contribution in [0.1, 0.15) is 31.9 Å². The number of hydrogen-bond donors (Lipinski definition) is 1. The second-order valence-electron chi connectivity index (χ2n) is 7.37. The van der Waals surface area contributed by atoms with Gasteiger partial charge in [0, 0.05) is 11.4 Å². The Labute approximate surface area is 171 Å². The molecule has 0 saturated heterocycles. The highest BCUT2D eigenvalue weighted by Gasteiger charge is 2.14. The van der Waals surface area contributed by atoms with Gasteiger partial charge in [-0.1, -0.05) is 32.9 Å². The van der Waals surface area contributed by atoms with Crippen molar-refractivity contribution in [1.82, 2.24) is 5.32 Å². The number of rotatable bonds is 8. The van der Waals surface area contributed by atoms with Crippen molar-refractivity contribution in [3.05, 3.63) is 47.5 Å². The van der Waals surface area contributed by atoms with Gasteiger partial charge in [-0.2, -0.15) is 0 Å². The second kappa shape index (κ2) is 9.73. The summed E-state index contributed by atoms with van der Waals surface area (Å²) in [5.74, 6) is 2.01. The standard InChI is InChI=1S/C22H29NO4S/c1-22(2,3)16-7-9-17(10-8-16)28-14-20(24)23-13-15-11-18(25-4)21(27-6)19(12-15)26-5/h7-12H,13-14H2,1-6H3,(H,23,24). The number of amides is 1. The summed E-state index contributed by atoms with van der Waals surface area (Å²) in [4.78, 5) is 13.3. The van der Waals surface area contributed by atoms with E-state index in [1.165, 1.54) is 17.3 Å². The molecule has 0 atom stereocenters. The fourth-order valence-electron chi connectivity index (χ4n) is 2.69. The molecular formula is C22H29NO4S. The molecule has 0 saturated carbocycles. The summed E-state index contributed by atoms with van der Waals surface area (Å²) >= 11 is 1.52. The van der Waals surface area contributed by atoms with Crippen LogP contribution in [0.15, 0.2) is 41.3 Å². The number of nitrogens with one attached hydrogen (secondary N) is 1. The Morgan fingerprint density at radius 3 is 2.00 bits per heavy atom. The van der Waals surface area contributed by atoms with Crippen LogP contribution in [-0.4, -0.2) is 33.0 Å². The van der Waals surface area contributed by atoms with E-state index in [0.29, 0.717) is 29.5 Å². The first kappa shape index (κ1) is 22.0. The third-order valence-electron chi connectivity index (χ3n) is 4.30. The monoisotopic (exact) mass is 403 g/mol. The second-order valence-corrected chi connectivity index (χ2v) is 8.42. The van der Waals surface area contributed by atoms with Gasteiger partial charge in [0.25, 0.3) is 0 Å². The molecule has 5 nitrogen and oxygen atoms in total. The predicted molar refractivity (Wildman–Crippen MR) is 114 cm³/mol. The molecular weight excluding hydrogens is 374 g/mol. The zero-order chi connectivity index (χ0) is 20.7. The van der Waals surface area contributed by atoms with Crippen molar-refractivity contribution in [2.75, 3.05) is 27.1 Å². The average molecular weight is 404 g/mol. The maximum Gasteiger partial charge on any atom is 0.230 e. The van der Waals surface area contributed by atoms with E-state index in [4.69, 9.17) is 14.2 Å². The molecule has 0 spiro atoms. The molecule has 0 aliphatic rings. The Hall–Kier alpha value is -2.34. The quantitative estimate of drug-likeness (QED) is 0.661. The van der Waals surface area contributed by atoms with Crippen LogP contribution in [0.4, 0.5) is 0 Å². The third-order valence-corrected chi connectivity index (χ3v) is 5.32. The van der Waals surface area contributed by atoms with E-state index in [9.17, 15) is 4.79 Å². The summed E-state index contributed by atoms with van der Waals surface area (Å²) in [7, 11) is 4.70. The summed E-state index contributed by atoms with van der Waals surface area (Å²) in [6.45, 7) is 6.95. The van der Waals surface area contributed by atoms with Crippen LogP contribution in [-0.2, 0) is 16.8 Å². The molecule has 0 aromatic heterocycles. The lowest BCUT2D eigenvalue weighted by molar-refractivity contribution is -0.118. The van der Waals surface area contributed by atoms with Gasteiger partial charge in [-0.3, -0.25) is 4.79 Å². The van der Waals surface area contributed by atoms with E-state index in [0.717, 1.165) is 10.5 Å². The highest BCUT2D eigenvalue weighted by atomic mass is 32.2. The molecule has 0 aliphatic heterocycles. The van der Waals surface area contributed by atoms with Gasteiger partial charge in [0.2, 0.25) is 11.7 Å². The lowest BCUT2D eigenvalue weighted by Gasteiger charge is -2.19. The van der Waals surface area contributed by atoms with Gasteiger partial charge in [0.1, 0.15) is 0 Å². The molecule has 1 amide bonds. The number of benzene rings is 2. The summed E-state index contributed by atoms with van der Waals surface area (Å²) in [6.07, 6.45) is 0. The van der Waals surface area contributed by atoms with Gasteiger partial charge in [-0.15, -0.1) is 11.8 Å². The van der Waals surface area contributed by atoms with Crippen LogP contribution in [0.25, 0.3) is 0 Å². The third kappa shape index (κ3) is 5.83. The number of carbonyl (C=O) groups is 1. The number of ether oxygens (including phenoxy) is 3.